The van der Waals surface area contributed by atoms with Crippen molar-refractivity contribution < 1.29 is 4.79 Å². The topological polar surface area (TPSA) is 36.4 Å². The van der Waals surface area contributed by atoms with Gasteiger partial charge in [0.05, 0.1) is 0 Å². The molecule has 5 heteroatoms. The van der Waals surface area contributed by atoms with Gasteiger partial charge in [0, 0.05) is 30.3 Å². The van der Waals surface area contributed by atoms with Gasteiger partial charge in [0.2, 0.25) is 0 Å². The monoisotopic (exact) mass is 313 g/mol. The number of hydrogen-bond acceptors (Lipinski definition) is 3. The zero-order chi connectivity index (χ0) is 13.5. The van der Waals surface area contributed by atoms with Crippen molar-refractivity contribution in [3.05, 3.63) is 28.5 Å². The van der Waals surface area contributed by atoms with Crippen molar-refractivity contribution in [3.63, 3.8) is 0 Å². The number of pyridine rings is 1. The van der Waals surface area contributed by atoms with Gasteiger partial charge in [-0.2, -0.15) is 0 Å². The summed E-state index contributed by atoms with van der Waals surface area (Å²) in [6.45, 7) is 4.44. The van der Waals surface area contributed by atoms with Crippen molar-refractivity contribution in [1.29, 1.82) is 0 Å². The van der Waals surface area contributed by atoms with Crippen molar-refractivity contribution in [2.24, 2.45) is 0 Å². The van der Waals surface area contributed by atoms with Crippen LogP contribution < -0.4 is 0 Å². The SMILES string of the molecule is CCCN(CCN(C)C)C(=O)c1ccc(Br)cn1. The van der Waals surface area contributed by atoms with E-state index in [2.05, 4.69) is 32.7 Å². The molecule has 0 aliphatic rings. The van der Waals surface area contributed by atoms with Crippen LogP contribution in [0.2, 0.25) is 0 Å². The fourth-order valence-corrected chi connectivity index (χ4v) is 1.80. The van der Waals surface area contributed by atoms with Crippen molar-refractivity contribution in [1.82, 2.24) is 14.8 Å². The van der Waals surface area contributed by atoms with Crippen molar-refractivity contribution in [2.45, 2.75) is 13.3 Å². The summed E-state index contributed by atoms with van der Waals surface area (Å²) in [5.74, 6) is 0.00574. The van der Waals surface area contributed by atoms with Crippen LogP contribution in [0.25, 0.3) is 0 Å². The van der Waals surface area contributed by atoms with E-state index in [1.165, 1.54) is 0 Å². The largest absolute Gasteiger partial charge is 0.336 e. The summed E-state index contributed by atoms with van der Waals surface area (Å²) in [4.78, 5) is 20.4. The second-order valence-electron chi connectivity index (χ2n) is 4.46. The average molecular weight is 314 g/mol. The van der Waals surface area contributed by atoms with Gasteiger partial charge in [0.25, 0.3) is 5.91 Å². The lowest BCUT2D eigenvalue weighted by atomic mass is 10.3. The van der Waals surface area contributed by atoms with E-state index in [1.807, 2.05) is 25.1 Å². The highest BCUT2D eigenvalue weighted by Crippen LogP contribution is 2.09. The Labute approximate surface area is 117 Å². The van der Waals surface area contributed by atoms with E-state index < -0.39 is 0 Å². The van der Waals surface area contributed by atoms with Crippen molar-refractivity contribution >= 4 is 21.8 Å². The number of rotatable bonds is 6. The predicted octanol–water partition coefficient (Wildman–Crippen LogP) is 2.26. The lowest BCUT2D eigenvalue weighted by Gasteiger charge is -2.23. The number of carbonyl (C=O) groups excluding carboxylic acids is 1. The molecule has 0 bridgehead atoms. The third-order valence-corrected chi connectivity index (χ3v) is 3.01. The molecule has 18 heavy (non-hydrogen) atoms. The van der Waals surface area contributed by atoms with Gasteiger partial charge in [-0.1, -0.05) is 6.92 Å². The summed E-state index contributed by atoms with van der Waals surface area (Å²) in [5, 5.41) is 0. The molecule has 0 aliphatic heterocycles. The number of likely N-dealkylation sites (N-methyl/N-ethyl adjacent to an activating group) is 1. The van der Waals surface area contributed by atoms with E-state index in [0.29, 0.717) is 5.69 Å². The third kappa shape index (κ3) is 4.74. The van der Waals surface area contributed by atoms with Crippen LogP contribution in [0, 0.1) is 0 Å². The second kappa shape index (κ2) is 7.48. The summed E-state index contributed by atoms with van der Waals surface area (Å²) >= 11 is 3.32. The van der Waals surface area contributed by atoms with Crippen LogP contribution in [0.4, 0.5) is 0 Å². The zero-order valence-corrected chi connectivity index (χ0v) is 12.8. The molecule has 0 atom stereocenters. The second-order valence-corrected chi connectivity index (χ2v) is 5.37. The van der Waals surface area contributed by atoms with E-state index >= 15 is 0 Å². The first kappa shape index (κ1) is 15.1. The maximum absolute atomic E-state index is 12.3. The Morgan fingerprint density at radius 2 is 2.00 bits per heavy atom. The summed E-state index contributed by atoms with van der Waals surface area (Å²) in [6.07, 6.45) is 2.61. The van der Waals surface area contributed by atoms with Crippen LogP contribution in [0.15, 0.2) is 22.8 Å². The first-order chi connectivity index (χ1) is 8.54. The summed E-state index contributed by atoms with van der Waals surface area (Å²) in [6, 6.07) is 3.60. The average Bonchev–Trinajstić information content (AvgIpc) is 2.34. The van der Waals surface area contributed by atoms with Gasteiger partial charge < -0.3 is 9.80 Å². The van der Waals surface area contributed by atoms with Gasteiger partial charge in [-0.05, 0) is 48.6 Å². The van der Waals surface area contributed by atoms with Crippen molar-refractivity contribution in [3.8, 4) is 0 Å². The molecular formula is C13H20BrN3O. The normalized spacial score (nSPS) is 10.7. The van der Waals surface area contributed by atoms with Crippen LogP contribution in [0.3, 0.4) is 0 Å². The smallest absolute Gasteiger partial charge is 0.272 e. The number of aromatic nitrogens is 1. The molecule has 0 fully saturated rings. The molecule has 1 rings (SSSR count). The summed E-state index contributed by atoms with van der Waals surface area (Å²) in [7, 11) is 4.01. The molecule has 0 saturated heterocycles. The Morgan fingerprint density at radius 1 is 1.28 bits per heavy atom. The molecule has 1 aromatic rings. The van der Waals surface area contributed by atoms with Crippen LogP contribution in [-0.2, 0) is 0 Å². The maximum atomic E-state index is 12.3. The zero-order valence-electron chi connectivity index (χ0n) is 11.2. The van der Waals surface area contributed by atoms with E-state index in [0.717, 1.165) is 30.5 Å². The minimum absolute atomic E-state index is 0.00574. The van der Waals surface area contributed by atoms with E-state index in [4.69, 9.17) is 0 Å². The standard InChI is InChI=1S/C13H20BrN3O/c1-4-7-17(9-8-16(2)3)13(18)12-6-5-11(14)10-15-12/h5-6,10H,4,7-9H2,1-3H3. The number of amides is 1. The Hall–Kier alpha value is -0.940. The number of nitrogens with zero attached hydrogens (tertiary/aromatic N) is 3. The van der Waals surface area contributed by atoms with Crippen LogP contribution in [0.1, 0.15) is 23.8 Å². The predicted molar refractivity (Wildman–Crippen MR) is 76.7 cm³/mol. The van der Waals surface area contributed by atoms with Crippen LogP contribution in [-0.4, -0.2) is 54.4 Å². The molecular weight excluding hydrogens is 294 g/mol. The quantitative estimate of drug-likeness (QED) is 0.808. The van der Waals surface area contributed by atoms with Gasteiger partial charge in [-0.25, -0.2) is 4.98 Å². The lowest BCUT2D eigenvalue weighted by Crippen LogP contribution is -2.37. The minimum atomic E-state index is 0.00574. The molecule has 1 amide bonds. The Morgan fingerprint density at radius 3 is 2.50 bits per heavy atom. The highest BCUT2D eigenvalue weighted by atomic mass is 79.9. The molecule has 0 spiro atoms. The minimum Gasteiger partial charge on any atom is -0.336 e. The van der Waals surface area contributed by atoms with Crippen molar-refractivity contribution in [2.75, 3.05) is 33.7 Å². The highest BCUT2D eigenvalue weighted by molar-refractivity contribution is 9.10. The number of carbonyl (C=O) groups is 1. The van der Waals surface area contributed by atoms with E-state index in [1.54, 1.807) is 12.3 Å². The van der Waals surface area contributed by atoms with Gasteiger partial charge >= 0.3 is 0 Å². The maximum Gasteiger partial charge on any atom is 0.272 e. The van der Waals surface area contributed by atoms with Crippen LogP contribution >= 0.6 is 15.9 Å². The van der Waals surface area contributed by atoms with Gasteiger partial charge in [-0.3, -0.25) is 4.79 Å². The van der Waals surface area contributed by atoms with Gasteiger partial charge in [-0.15, -0.1) is 0 Å². The first-order valence-corrected chi connectivity index (χ1v) is 6.89. The van der Waals surface area contributed by atoms with Gasteiger partial charge in [0.1, 0.15) is 5.69 Å². The molecule has 1 aromatic heterocycles. The summed E-state index contributed by atoms with van der Waals surface area (Å²) in [5.41, 5.74) is 0.505. The highest BCUT2D eigenvalue weighted by Gasteiger charge is 2.15. The molecule has 0 saturated carbocycles. The fourth-order valence-electron chi connectivity index (χ4n) is 1.57. The molecule has 0 aromatic carbocycles. The lowest BCUT2D eigenvalue weighted by molar-refractivity contribution is 0.0739. The van der Waals surface area contributed by atoms with E-state index in [-0.39, 0.29) is 5.91 Å². The molecule has 1 heterocycles. The first-order valence-electron chi connectivity index (χ1n) is 6.10. The molecule has 0 N–H and O–H groups in total. The Balaban J connectivity index is 2.72. The van der Waals surface area contributed by atoms with Gasteiger partial charge in [0.15, 0.2) is 0 Å². The number of halogens is 1. The molecule has 0 radical (unpaired) electrons. The van der Waals surface area contributed by atoms with E-state index in [9.17, 15) is 4.79 Å². The molecule has 0 aliphatic carbocycles. The molecule has 4 nitrogen and oxygen atoms in total. The molecule has 100 valence electrons. The number of hydrogen-bond donors (Lipinski definition) is 0. The third-order valence-electron chi connectivity index (χ3n) is 2.54. The molecule has 0 unspecified atom stereocenters. The Kier molecular flexibility index (Phi) is 6.29. The van der Waals surface area contributed by atoms with Crippen LogP contribution in [0.5, 0.6) is 0 Å². The Bertz CT molecular complexity index is 378. The fraction of sp³-hybridized carbons (Fsp3) is 0.538. The summed E-state index contributed by atoms with van der Waals surface area (Å²) < 4.78 is 0.884.